The average Bonchev–Trinajstić information content (AvgIpc) is 3.10. The molecule has 24 heavy (non-hydrogen) atoms. The second kappa shape index (κ2) is 6.93. The maximum Gasteiger partial charge on any atom is 0.254 e. The first kappa shape index (κ1) is 16.3. The number of aliphatic hydroxyl groups is 1. The Hall–Kier alpha value is -2.53. The number of likely N-dealkylation sites (tertiary alicyclic amines) is 1. The van der Waals surface area contributed by atoms with E-state index in [4.69, 9.17) is 0 Å². The van der Waals surface area contributed by atoms with Gasteiger partial charge in [-0.15, -0.1) is 0 Å². The van der Waals surface area contributed by atoms with E-state index in [0.29, 0.717) is 29.8 Å². The third-order valence-electron chi connectivity index (χ3n) is 4.34. The van der Waals surface area contributed by atoms with Crippen molar-refractivity contribution in [2.45, 2.75) is 6.42 Å². The minimum Gasteiger partial charge on any atom is -0.396 e. The Bertz CT molecular complexity index is 757. The fourth-order valence-electron chi connectivity index (χ4n) is 2.96. The molecular weight excluding hydrogens is 309 g/mol. The van der Waals surface area contributed by atoms with Gasteiger partial charge in [0.25, 0.3) is 5.91 Å². The average molecular weight is 327 g/mol. The predicted octanol–water partition coefficient (Wildman–Crippen LogP) is 2.51. The lowest BCUT2D eigenvalue weighted by molar-refractivity contribution is 0.0777. The van der Waals surface area contributed by atoms with Gasteiger partial charge in [0, 0.05) is 36.7 Å². The SMILES string of the molecule is O=C(c1ccc(F)cc1)c1ccccc1C(=O)N1CCC(CO)C1. The van der Waals surface area contributed by atoms with Crippen molar-refractivity contribution in [3.63, 3.8) is 0 Å². The van der Waals surface area contributed by atoms with Gasteiger partial charge in [0.05, 0.1) is 5.56 Å². The van der Waals surface area contributed by atoms with Crippen LogP contribution in [0.3, 0.4) is 0 Å². The van der Waals surface area contributed by atoms with Gasteiger partial charge in [-0.1, -0.05) is 18.2 Å². The zero-order chi connectivity index (χ0) is 17.1. The van der Waals surface area contributed by atoms with E-state index in [9.17, 15) is 19.1 Å². The summed E-state index contributed by atoms with van der Waals surface area (Å²) in [4.78, 5) is 27.1. The summed E-state index contributed by atoms with van der Waals surface area (Å²) in [5.41, 5.74) is 0.985. The van der Waals surface area contributed by atoms with Crippen LogP contribution in [0.5, 0.6) is 0 Å². The molecule has 0 radical (unpaired) electrons. The second-order valence-electron chi connectivity index (χ2n) is 5.97. The van der Waals surface area contributed by atoms with E-state index >= 15 is 0 Å². The third kappa shape index (κ3) is 3.21. The Morgan fingerprint density at radius 1 is 1.08 bits per heavy atom. The minimum atomic E-state index is -0.414. The van der Waals surface area contributed by atoms with Crippen molar-refractivity contribution < 1.29 is 19.1 Å². The van der Waals surface area contributed by atoms with Crippen LogP contribution >= 0.6 is 0 Å². The summed E-state index contributed by atoms with van der Waals surface area (Å²) in [5.74, 6) is -0.842. The highest BCUT2D eigenvalue weighted by molar-refractivity contribution is 6.15. The quantitative estimate of drug-likeness (QED) is 0.878. The molecule has 1 heterocycles. The number of hydrogen-bond donors (Lipinski definition) is 1. The molecule has 0 saturated carbocycles. The molecule has 1 N–H and O–H groups in total. The number of carbonyl (C=O) groups excluding carboxylic acids is 2. The second-order valence-corrected chi connectivity index (χ2v) is 5.97. The number of benzene rings is 2. The highest BCUT2D eigenvalue weighted by Gasteiger charge is 2.28. The third-order valence-corrected chi connectivity index (χ3v) is 4.34. The molecule has 1 aliphatic rings. The summed E-state index contributed by atoms with van der Waals surface area (Å²) in [5, 5.41) is 9.23. The highest BCUT2D eigenvalue weighted by Crippen LogP contribution is 2.21. The van der Waals surface area contributed by atoms with Crippen LogP contribution in [0.2, 0.25) is 0 Å². The number of ketones is 1. The lowest BCUT2D eigenvalue weighted by Crippen LogP contribution is -2.30. The normalized spacial score (nSPS) is 17.1. The number of carbonyl (C=O) groups is 2. The van der Waals surface area contributed by atoms with E-state index in [1.54, 1.807) is 29.2 Å². The zero-order valence-corrected chi connectivity index (χ0v) is 13.1. The van der Waals surface area contributed by atoms with Gasteiger partial charge in [-0.3, -0.25) is 9.59 Å². The number of hydrogen-bond acceptors (Lipinski definition) is 3. The first-order valence-corrected chi connectivity index (χ1v) is 7.89. The van der Waals surface area contributed by atoms with Crippen LogP contribution in [-0.4, -0.2) is 41.4 Å². The fraction of sp³-hybridized carbons (Fsp3) is 0.263. The highest BCUT2D eigenvalue weighted by atomic mass is 19.1. The van der Waals surface area contributed by atoms with Crippen molar-refractivity contribution >= 4 is 11.7 Å². The molecule has 1 amide bonds. The van der Waals surface area contributed by atoms with Gasteiger partial charge in [-0.2, -0.15) is 0 Å². The van der Waals surface area contributed by atoms with Crippen LogP contribution in [0, 0.1) is 11.7 Å². The summed E-state index contributed by atoms with van der Waals surface area (Å²) < 4.78 is 13.0. The number of halogens is 1. The van der Waals surface area contributed by atoms with Crippen LogP contribution in [0.15, 0.2) is 48.5 Å². The number of amides is 1. The molecule has 1 aliphatic heterocycles. The van der Waals surface area contributed by atoms with E-state index in [2.05, 4.69) is 0 Å². The van der Waals surface area contributed by atoms with Crippen LogP contribution in [-0.2, 0) is 0 Å². The molecule has 2 aromatic carbocycles. The van der Waals surface area contributed by atoms with E-state index in [1.165, 1.54) is 24.3 Å². The van der Waals surface area contributed by atoms with E-state index < -0.39 is 5.82 Å². The van der Waals surface area contributed by atoms with Gasteiger partial charge < -0.3 is 10.0 Å². The van der Waals surface area contributed by atoms with Crippen LogP contribution in [0.25, 0.3) is 0 Å². The molecule has 5 heteroatoms. The van der Waals surface area contributed by atoms with Gasteiger partial charge in [0.2, 0.25) is 0 Å². The number of aliphatic hydroxyl groups excluding tert-OH is 1. The lowest BCUT2D eigenvalue weighted by atomic mass is 9.97. The summed E-state index contributed by atoms with van der Waals surface area (Å²) in [6.07, 6.45) is 0.760. The van der Waals surface area contributed by atoms with Crippen LogP contribution < -0.4 is 0 Å². The molecule has 1 fully saturated rings. The Morgan fingerprint density at radius 2 is 1.75 bits per heavy atom. The molecule has 124 valence electrons. The molecule has 0 aromatic heterocycles. The standard InChI is InChI=1S/C19H18FNO3/c20-15-7-5-14(6-8-15)18(23)16-3-1-2-4-17(16)19(24)21-10-9-13(11-21)12-22/h1-8,13,22H,9-12H2. The molecule has 4 nitrogen and oxygen atoms in total. The molecule has 0 spiro atoms. The largest absolute Gasteiger partial charge is 0.396 e. The Labute approximate surface area is 139 Å². The summed E-state index contributed by atoms with van der Waals surface area (Å²) in [6, 6.07) is 11.9. The minimum absolute atomic E-state index is 0.0555. The molecule has 0 aliphatic carbocycles. The van der Waals surface area contributed by atoms with E-state index in [-0.39, 0.29) is 24.2 Å². The van der Waals surface area contributed by atoms with Crippen molar-refractivity contribution in [3.05, 3.63) is 71.0 Å². The van der Waals surface area contributed by atoms with Crippen molar-refractivity contribution in [2.75, 3.05) is 19.7 Å². The van der Waals surface area contributed by atoms with E-state index in [0.717, 1.165) is 6.42 Å². The molecule has 1 atom stereocenters. The molecule has 1 saturated heterocycles. The maximum absolute atomic E-state index is 13.0. The van der Waals surface area contributed by atoms with Crippen molar-refractivity contribution in [2.24, 2.45) is 5.92 Å². The Morgan fingerprint density at radius 3 is 2.38 bits per heavy atom. The molecule has 1 unspecified atom stereocenters. The molecular formula is C19H18FNO3. The van der Waals surface area contributed by atoms with Gasteiger partial charge in [-0.25, -0.2) is 4.39 Å². The van der Waals surface area contributed by atoms with Gasteiger partial charge >= 0.3 is 0 Å². The summed E-state index contributed by atoms with van der Waals surface area (Å²) in [6.45, 7) is 1.12. The van der Waals surface area contributed by atoms with Crippen molar-refractivity contribution in [1.29, 1.82) is 0 Å². The monoisotopic (exact) mass is 327 g/mol. The Kier molecular flexibility index (Phi) is 4.71. The van der Waals surface area contributed by atoms with Crippen molar-refractivity contribution in [1.82, 2.24) is 4.90 Å². The maximum atomic E-state index is 13.0. The first-order valence-electron chi connectivity index (χ1n) is 7.89. The number of nitrogens with zero attached hydrogens (tertiary/aromatic N) is 1. The topological polar surface area (TPSA) is 57.6 Å². The first-order chi connectivity index (χ1) is 11.6. The van der Waals surface area contributed by atoms with Gasteiger partial charge in [0.1, 0.15) is 5.82 Å². The fourth-order valence-corrected chi connectivity index (χ4v) is 2.96. The number of rotatable bonds is 4. The zero-order valence-electron chi connectivity index (χ0n) is 13.1. The van der Waals surface area contributed by atoms with Gasteiger partial charge in [0.15, 0.2) is 5.78 Å². The smallest absolute Gasteiger partial charge is 0.254 e. The molecule has 2 aromatic rings. The molecule has 0 bridgehead atoms. The van der Waals surface area contributed by atoms with Crippen LogP contribution in [0.4, 0.5) is 4.39 Å². The van der Waals surface area contributed by atoms with Gasteiger partial charge in [-0.05, 0) is 36.8 Å². The predicted molar refractivity (Wildman–Crippen MR) is 87.4 cm³/mol. The molecule has 3 rings (SSSR count). The summed E-state index contributed by atoms with van der Waals surface area (Å²) >= 11 is 0. The Balaban J connectivity index is 1.89. The van der Waals surface area contributed by atoms with E-state index in [1.807, 2.05) is 0 Å². The lowest BCUT2D eigenvalue weighted by Gasteiger charge is -2.18. The van der Waals surface area contributed by atoms with Crippen LogP contribution in [0.1, 0.15) is 32.7 Å². The summed E-state index contributed by atoms with van der Waals surface area (Å²) in [7, 11) is 0. The van der Waals surface area contributed by atoms with Crippen molar-refractivity contribution in [3.8, 4) is 0 Å².